The van der Waals surface area contributed by atoms with Crippen molar-refractivity contribution in [3.05, 3.63) is 0 Å². The van der Waals surface area contributed by atoms with Gasteiger partial charge in [0.05, 0.1) is 0 Å². The Hall–Kier alpha value is 0.0300. The zero-order valence-corrected chi connectivity index (χ0v) is 8.66. The van der Waals surface area contributed by atoms with Crippen molar-refractivity contribution >= 4 is 29.2 Å². The Morgan fingerprint density at radius 1 is 1.33 bits per heavy atom. The van der Waals surface area contributed by atoms with Gasteiger partial charge in [0, 0.05) is 39.3 Å². The molecule has 5 heteroatoms. The third-order valence-corrected chi connectivity index (χ3v) is 2.59. The summed E-state index contributed by atoms with van der Waals surface area (Å²) >= 11 is 9.83. The first-order valence-electron chi connectivity index (χ1n) is 4.12. The summed E-state index contributed by atoms with van der Waals surface area (Å²) in [6.45, 7) is 5.71. The third kappa shape index (κ3) is 2.82. The predicted octanol–water partition coefficient (Wildman–Crippen LogP) is -0.605. The molecule has 0 aromatic rings. The molecular formula is C7H14N3S2-. The normalized spacial score (nSPS) is 19.6. The third-order valence-electron chi connectivity index (χ3n) is 2.08. The van der Waals surface area contributed by atoms with Crippen LogP contribution in [-0.4, -0.2) is 53.4 Å². The van der Waals surface area contributed by atoms with E-state index in [1.54, 1.807) is 0 Å². The monoisotopic (exact) mass is 204 g/mol. The zero-order chi connectivity index (χ0) is 8.97. The van der Waals surface area contributed by atoms with Crippen molar-refractivity contribution in [3.63, 3.8) is 0 Å². The molecule has 1 fully saturated rings. The van der Waals surface area contributed by atoms with Crippen LogP contribution in [0.5, 0.6) is 0 Å². The van der Waals surface area contributed by atoms with Gasteiger partial charge in [0.1, 0.15) is 0 Å². The van der Waals surface area contributed by atoms with Crippen LogP contribution in [0, 0.1) is 0 Å². The highest BCUT2D eigenvalue weighted by atomic mass is 32.1. The molecular weight excluding hydrogens is 190 g/mol. The fourth-order valence-electron chi connectivity index (χ4n) is 1.34. The Kier molecular flexibility index (Phi) is 4.14. The molecule has 0 amide bonds. The molecule has 0 saturated carbocycles. The molecule has 1 saturated heterocycles. The molecule has 0 spiro atoms. The number of hydrogen-bond donors (Lipinski definition) is 1. The maximum absolute atomic E-state index is 5.45. The van der Waals surface area contributed by atoms with Gasteiger partial charge in [0.15, 0.2) is 0 Å². The molecule has 70 valence electrons. The molecule has 12 heavy (non-hydrogen) atoms. The molecule has 0 unspecified atom stereocenters. The second-order valence-corrected chi connectivity index (χ2v) is 3.92. The Morgan fingerprint density at radius 2 is 1.92 bits per heavy atom. The van der Waals surface area contributed by atoms with E-state index in [1.807, 2.05) is 0 Å². The van der Waals surface area contributed by atoms with Crippen LogP contribution in [0.3, 0.4) is 0 Å². The van der Waals surface area contributed by atoms with Crippen LogP contribution < -0.4 is 5.73 Å². The zero-order valence-electron chi connectivity index (χ0n) is 7.03. The highest BCUT2D eigenvalue weighted by Gasteiger charge is 2.13. The van der Waals surface area contributed by atoms with E-state index in [4.69, 9.17) is 30.6 Å². The summed E-state index contributed by atoms with van der Waals surface area (Å²) in [7, 11) is 0. The molecule has 0 atom stereocenters. The van der Waals surface area contributed by atoms with Crippen LogP contribution in [0.15, 0.2) is 0 Å². The van der Waals surface area contributed by atoms with Crippen LogP contribution in [0.25, 0.3) is 0 Å². The van der Waals surface area contributed by atoms with Gasteiger partial charge >= 0.3 is 0 Å². The molecule has 3 nitrogen and oxygen atoms in total. The van der Waals surface area contributed by atoms with Crippen molar-refractivity contribution < 1.29 is 0 Å². The Balaban J connectivity index is 2.25. The van der Waals surface area contributed by atoms with Gasteiger partial charge in [-0.15, -0.1) is 0 Å². The molecule has 1 rings (SSSR count). The number of rotatable bonds is 2. The highest BCUT2D eigenvalue weighted by Crippen LogP contribution is 2.01. The topological polar surface area (TPSA) is 32.5 Å². The number of hydrogen-bond acceptors (Lipinski definition) is 4. The minimum atomic E-state index is 0.599. The van der Waals surface area contributed by atoms with Crippen LogP contribution in [-0.2, 0) is 12.6 Å². The fraction of sp³-hybridized carbons (Fsp3) is 0.857. The van der Waals surface area contributed by atoms with Crippen LogP contribution in [0.2, 0.25) is 0 Å². The highest BCUT2D eigenvalue weighted by molar-refractivity contribution is 8.00. The van der Waals surface area contributed by atoms with E-state index in [9.17, 15) is 0 Å². The molecule has 0 aromatic carbocycles. The maximum atomic E-state index is 5.45. The van der Waals surface area contributed by atoms with E-state index in [1.165, 1.54) is 0 Å². The molecule has 0 aromatic heterocycles. The average molecular weight is 204 g/mol. The van der Waals surface area contributed by atoms with Crippen molar-refractivity contribution in [2.24, 2.45) is 5.73 Å². The smallest absolute Gasteiger partial charge is 0.0290 e. The van der Waals surface area contributed by atoms with E-state index >= 15 is 0 Å². The minimum Gasteiger partial charge on any atom is -0.411 e. The summed E-state index contributed by atoms with van der Waals surface area (Å²) in [6, 6.07) is 0. The van der Waals surface area contributed by atoms with Gasteiger partial charge in [-0.25, -0.2) is 0 Å². The Bertz CT molecular complexity index is 155. The van der Waals surface area contributed by atoms with Crippen LogP contribution in [0.4, 0.5) is 0 Å². The van der Waals surface area contributed by atoms with Crippen molar-refractivity contribution in [1.82, 2.24) is 9.80 Å². The lowest BCUT2D eigenvalue weighted by atomic mass is 10.3. The first kappa shape index (κ1) is 10.1. The standard InChI is InChI=1S/C7H15N3S2/c8-1-2-9-3-5-10(6-4-9)7(11)12/h1-6,8H2,(H,11,12)/p-1. The summed E-state index contributed by atoms with van der Waals surface area (Å²) < 4.78 is 0.599. The fourth-order valence-corrected chi connectivity index (χ4v) is 1.70. The van der Waals surface area contributed by atoms with Crippen molar-refractivity contribution in [2.45, 2.75) is 0 Å². The molecule has 0 aliphatic carbocycles. The minimum absolute atomic E-state index is 0.599. The number of nitrogens with zero attached hydrogens (tertiary/aromatic N) is 2. The summed E-state index contributed by atoms with van der Waals surface area (Å²) in [4.78, 5) is 4.40. The van der Waals surface area contributed by atoms with Crippen LogP contribution >= 0.6 is 12.2 Å². The van der Waals surface area contributed by atoms with E-state index in [-0.39, 0.29) is 0 Å². The lowest BCUT2D eigenvalue weighted by Crippen LogP contribution is -2.48. The Morgan fingerprint density at radius 3 is 2.33 bits per heavy atom. The van der Waals surface area contributed by atoms with E-state index in [0.717, 1.165) is 39.3 Å². The molecule has 1 aliphatic heterocycles. The molecule has 1 aliphatic rings. The lowest BCUT2D eigenvalue weighted by molar-refractivity contribution is 0.190. The summed E-state index contributed by atoms with van der Waals surface area (Å²) in [6.07, 6.45) is 0. The second kappa shape index (κ2) is 4.91. The second-order valence-electron chi connectivity index (χ2n) is 2.88. The first-order valence-corrected chi connectivity index (χ1v) is 4.94. The molecule has 2 N–H and O–H groups in total. The van der Waals surface area contributed by atoms with E-state index in [2.05, 4.69) is 9.80 Å². The summed E-state index contributed by atoms with van der Waals surface area (Å²) in [5, 5.41) is 0. The predicted molar refractivity (Wildman–Crippen MR) is 57.0 cm³/mol. The van der Waals surface area contributed by atoms with E-state index < -0.39 is 0 Å². The quantitative estimate of drug-likeness (QED) is 0.479. The molecule has 0 radical (unpaired) electrons. The van der Waals surface area contributed by atoms with Gasteiger partial charge in [0.25, 0.3) is 0 Å². The Labute approximate surface area is 84.3 Å². The van der Waals surface area contributed by atoms with Gasteiger partial charge in [-0.05, 0) is 0 Å². The van der Waals surface area contributed by atoms with Gasteiger partial charge < -0.3 is 35.5 Å². The van der Waals surface area contributed by atoms with Crippen molar-refractivity contribution in [1.29, 1.82) is 0 Å². The largest absolute Gasteiger partial charge is 0.411 e. The SMILES string of the molecule is NCCN1CCN(C(=S)[S-])CC1. The lowest BCUT2D eigenvalue weighted by Gasteiger charge is -2.37. The van der Waals surface area contributed by atoms with E-state index in [0.29, 0.717) is 4.32 Å². The molecule has 1 heterocycles. The van der Waals surface area contributed by atoms with Gasteiger partial charge in [-0.3, -0.25) is 4.90 Å². The van der Waals surface area contributed by atoms with Gasteiger partial charge in [-0.1, -0.05) is 4.32 Å². The molecule has 0 bridgehead atoms. The van der Waals surface area contributed by atoms with Crippen LogP contribution in [0.1, 0.15) is 0 Å². The van der Waals surface area contributed by atoms with Gasteiger partial charge in [0.2, 0.25) is 0 Å². The number of thiocarbonyl (C=S) groups is 1. The number of nitrogens with two attached hydrogens (primary N) is 1. The maximum Gasteiger partial charge on any atom is 0.0290 e. The van der Waals surface area contributed by atoms with Crippen molar-refractivity contribution in [2.75, 3.05) is 39.3 Å². The summed E-state index contributed by atoms with van der Waals surface area (Å²) in [5.41, 5.74) is 5.45. The average Bonchev–Trinajstić information content (AvgIpc) is 2.06. The van der Waals surface area contributed by atoms with Crippen molar-refractivity contribution in [3.8, 4) is 0 Å². The van der Waals surface area contributed by atoms with Gasteiger partial charge in [-0.2, -0.15) is 0 Å². The summed E-state index contributed by atoms with van der Waals surface area (Å²) in [5.74, 6) is 0. The number of piperazine rings is 1. The first-order chi connectivity index (χ1) is 5.74.